The van der Waals surface area contributed by atoms with E-state index in [1.807, 2.05) is 19.1 Å². The van der Waals surface area contributed by atoms with Gasteiger partial charge in [-0.25, -0.2) is 4.39 Å². The van der Waals surface area contributed by atoms with Crippen molar-refractivity contribution in [2.75, 3.05) is 0 Å². The van der Waals surface area contributed by atoms with Crippen molar-refractivity contribution in [3.8, 4) is 0 Å². The number of halogens is 1. The van der Waals surface area contributed by atoms with E-state index in [9.17, 15) is 4.39 Å². The number of rotatable bonds is 8. The molecule has 2 N–H and O–H groups in total. The van der Waals surface area contributed by atoms with Crippen LogP contribution in [0.15, 0.2) is 18.2 Å². The van der Waals surface area contributed by atoms with Gasteiger partial charge in [0.25, 0.3) is 0 Å². The molecular formula is C17H28FN. The first kappa shape index (κ1) is 16.2. The molecule has 1 aromatic carbocycles. The molecule has 2 heteroatoms. The normalized spacial score (nSPS) is 14.4. The zero-order valence-corrected chi connectivity index (χ0v) is 12.6. The lowest BCUT2D eigenvalue weighted by Gasteiger charge is -2.25. The summed E-state index contributed by atoms with van der Waals surface area (Å²) in [5, 5.41) is 0. The quantitative estimate of drug-likeness (QED) is 0.653. The Morgan fingerprint density at radius 3 is 2.37 bits per heavy atom. The van der Waals surface area contributed by atoms with Gasteiger partial charge in [0.2, 0.25) is 0 Å². The van der Waals surface area contributed by atoms with Gasteiger partial charge >= 0.3 is 0 Å². The van der Waals surface area contributed by atoms with Crippen LogP contribution in [0.25, 0.3) is 0 Å². The largest absolute Gasteiger partial charge is 0.322 e. The SMILES string of the molecule is CCCCCCCCC(C)(N)c1ccc(C)c(F)c1. The molecule has 0 fully saturated rings. The molecule has 108 valence electrons. The highest BCUT2D eigenvalue weighted by molar-refractivity contribution is 5.28. The molecule has 0 aliphatic carbocycles. The third-order valence-corrected chi connectivity index (χ3v) is 3.88. The summed E-state index contributed by atoms with van der Waals surface area (Å²) < 4.78 is 13.6. The van der Waals surface area contributed by atoms with Crippen LogP contribution >= 0.6 is 0 Å². The van der Waals surface area contributed by atoms with Gasteiger partial charge in [-0.3, -0.25) is 0 Å². The van der Waals surface area contributed by atoms with Gasteiger partial charge in [0.15, 0.2) is 0 Å². The van der Waals surface area contributed by atoms with Crippen LogP contribution in [0, 0.1) is 12.7 Å². The molecule has 0 saturated heterocycles. The molecule has 0 amide bonds. The zero-order valence-electron chi connectivity index (χ0n) is 12.6. The van der Waals surface area contributed by atoms with E-state index in [-0.39, 0.29) is 5.82 Å². The summed E-state index contributed by atoms with van der Waals surface area (Å²) in [7, 11) is 0. The molecule has 19 heavy (non-hydrogen) atoms. The van der Waals surface area contributed by atoms with Crippen molar-refractivity contribution in [1.82, 2.24) is 0 Å². The van der Waals surface area contributed by atoms with E-state index < -0.39 is 5.54 Å². The van der Waals surface area contributed by atoms with Crippen LogP contribution in [0.3, 0.4) is 0 Å². The van der Waals surface area contributed by atoms with Crippen LogP contribution in [0.4, 0.5) is 4.39 Å². The molecule has 0 aliphatic heterocycles. The lowest BCUT2D eigenvalue weighted by atomic mass is 9.87. The van der Waals surface area contributed by atoms with Crippen molar-refractivity contribution in [2.45, 2.75) is 71.3 Å². The predicted molar refractivity (Wildman–Crippen MR) is 80.7 cm³/mol. The van der Waals surface area contributed by atoms with Gasteiger partial charge in [-0.2, -0.15) is 0 Å². The molecule has 0 spiro atoms. The Morgan fingerprint density at radius 1 is 1.11 bits per heavy atom. The van der Waals surface area contributed by atoms with Gasteiger partial charge in [-0.1, -0.05) is 57.6 Å². The highest BCUT2D eigenvalue weighted by atomic mass is 19.1. The van der Waals surface area contributed by atoms with Crippen molar-refractivity contribution in [1.29, 1.82) is 0 Å². The van der Waals surface area contributed by atoms with Crippen LogP contribution in [0.2, 0.25) is 0 Å². The minimum absolute atomic E-state index is 0.155. The number of benzene rings is 1. The van der Waals surface area contributed by atoms with E-state index in [2.05, 4.69) is 6.92 Å². The zero-order chi connectivity index (χ0) is 14.3. The van der Waals surface area contributed by atoms with Gasteiger partial charge in [-0.15, -0.1) is 0 Å². The van der Waals surface area contributed by atoms with E-state index in [4.69, 9.17) is 5.73 Å². The standard InChI is InChI=1S/C17H28FN/c1-4-5-6-7-8-9-12-17(3,19)15-11-10-14(2)16(18)13-15/h10-11,13H,4-9,12,19H2,1-3H3. The second kappa shape index (κ2) is 7.64. The van der Waals surface area contributed by atoms with Crippen LogP contribution in [0.1, 0.15) is 69.9 Å². The smallest absolute Gasteiger partial charge is 0.126 e. The Morgan fingerprint density at radius 2 is 1.74 bits per heavy atom. The van der Waals surface area contributed by atoms with Gasteiger partial charge in [0, 0.05) is 5.54 Å². The molecule has 0 aliphatic rings. The first-order chi connectivity index (χ1) is 8.97. The van der Waals surface area contributed by atoms with E-state index in [0.29, 0.717) is 5.56 Å². The Bertz CT molecular complexity index is 385. The lowest BCUT2D eigenvalue weighted by Crippen LogP contribution is -2.33. The van der Waals surface area contributed by atoms with Gasteiger partial charge in [-0.05, 0) is 37.5 Å². The van der Waals surface area contributed by atoms with E-state index in [0.717, 1.165) is 18.4 Å². The topological polar surface area (TPSA) is 26.0 Å². The molecule has 1 aromatic rings. The second-order valence-corrected chi connectivity index (χ2v) is 5.90. The third-order valence-electron chi connectivity index (χ3n) is 3.88. The molecular weight excluding hydrogens is 237 g/mol. The first-order valence-corrected chi connectivity index (χ1v) is 7.53. The molecule has 1 nitrogen and oxygen atoms in total. The monoisotopic (exact) mass is 265 g/mol. The highest BCUT2D eigenvalue weighted by Crippen LogP contribution is 2.26. The minimum Gasteiger partial charge on any atom is -0.322 e. The van der Waals surface area contributed by atoms with Crippen molar-refractivity contribution >= 4 is 0 Å². The second-order valence-electron chi connectivity index (χ2n) is 5.90. The molecule has 1 rings (SSSR count). The van der Waals surface area contributed by atoms with Gasteiger partial charge in [0.1, 0.15) is 5.82 Å². The molecule has 0 bridgehead atoms. The summed E-state index contributed by atoms with van der Waals surface area (Å²) in [5.41, 5.74) is 7.50. The molecule has 0 radical (unpaired) electrons. The molecule has 1 unspecified atom stereocenters. The highest BCUT2D eigenvalue weighted by Gasteiger charge is 2.21. The predicted octanol–water partition coefficient (Wildman–Crippen LogP) is 5.06. The van der Waals surface area contributed by atoms with Crippen molar-refractivity contribution in [3.63, 3.8) is 0 Å². The van der Waals surface area contributed by atoms with Crippen LogP contribution < -0.4 is 5.73 Å². The molecule has 0 saturated carbocycles. The maximum Gasteiger partial charge on any atom is 0.126 e. The average Bonchev–Trinajstić information content (AvgIpc) is 2.36. The maximum atomic E-state index is 13.6. The van der Waals surface area contributed by atoms with E-state index in [1.165, 1.54) is 32.1 Å². The van der Waals surface area contributed by atoms with E-state index in [1.54, 1.807) is 13.0 Å². The summed E-state index contributed by atoms with van der Waals surface area (Å²) >= 11 is 0. The fourth-order valence-electron chi connectivity index (χ4n) is 2.36. The number of hydrogen-bond donors (Lipinski definition) is 1. The van der Waals surface area contributed by atoms with Crippen LogP contribution in [0.5, 0.6) is 0 Å². The Labute approximate surface area is 117 Å². The summed E-state index contributed by atoms with van der Waals surface area (Å²) in [6.45, 7) is 6.01. The average molecular weight is 265 g/mol. The van der Waals surface area contributed by atoms with Gasteiger partial charge in [0.05, 0.1) is 0 Å². The number of aryl methyl sites for hydroxylation is 1. The maximum absolute atomic E-state index is 13.6. The summed E-state index contributed by atoms with van der Waals surface area (Å²) in [5.74, 6) is -0.155. The van der Waals surface area contributed by atoms with Crippen molar-refractivity contribution < 1.29 is 4.39 Å². The number of unbranched alkanes of at least 4 members (excludes halogenated alkanes) is 5. The fraction of sp³-hybridized carbons (Fsp3) is 0.647. The Kier molecular flexibility index (Phi) is 6.50. The molecule has 0 heterocycles. The molecule has 0 aromatic heterocycles. The third kappa shape index (κ3) is 5.32. The summed E-state index contributed by atoms with van der Waals surface area (Å²) in [4.78, 5) is 0. The summed E-state index contributed by atoms with van der Waals surface area (Å²) in [6, 6.07) is 5.36. The lowest BCUT2D eigenvalue weighted by molar-refractivity contribution is 0.419. The van der Waals surface area contributed by atoms with Crippen LogP contribution in [-0.2, 0) is 5.54 Å². The number of hydrogen-bond acceptors (Lipinski definition) is 1. The van der Waals surface area contributed by atoms with Crippen LogP contribution in [-0.4, -0.2) is 0 Å². The Balaban J connectivity index is 2.44. The van der Waals surface area contributed by atoms with E-state index >= 15 is 0 Å². The summed E-state index contributed by atoms with van der Waals surface area (Å²) in [6.07, 6.45) is 8.46. The van der Waals surface area contributed by atoms with Crippen molar-refractivity contribution in [2.24, 2.45) is 5.73 Å². The van der Waals surface area contributed by atoms with Gasteiger partial charge < -0.3 is 5.73 Å². The van der Waals surface area contributed by atoms with Crippen molar-refractivity contribution in [3.05, 3.63) is 35.1 Å². The fourth-order valence-corrected chi connectivity index (χ4v) is 2.36. The first-order valence-electron chi connectivity index (χ1n) is 7.53. The molecule has 1 atom stereocenters. The number of nitrogens with two attached hydrogens (primary N) is 1. The minimum atomic E-state index is -0.417. The Hall–Kier alpha value is -0.890.